The van der Waals surface area contributed by atoms with Crippen molar-refractivity contribution in [1.29, 1.82) is 0 Å². The largest absolute Gasteiger partial charge is 0.497 e. The van der Waals surface area contributed by atoms with E-state index >= 15 is 0 Å². The molecule has 8 nitrogen and oxygen atoms in total. The van der Waals surface area contributed by atoms with Crippen LogP contribution in [0.15, 0.2) is 57.7 Å². The number of fused-ring (bicyclic) bond motifs is 1. The van der Waals surface area contributed by atoms with Crippen molar-refractivity contribution in [3.63, 3.8) is 0 Å². The predicted molar refractivity (Wildman–Crippen MR) is 135 cm³/mol. The van der Waals surface area contributed by atoms with E-state index in [1.807, 2.05) is 19.9 Å². The lowest BCUT2D eigenvalue weighted by atomic mass is 10.0. The molecule has 8 heteroatoms. The van der Waals surface area contributed by atoms with E-state index in [0.29, 0.717) is 33.6 Å². The molecule has 0 aliphatic heterocycles. The van der Waals surface area contributed by atoms with Crippen molar-refractivity contribution >= 4 is 16.9 Å². The highest BCUT2D eigenvalue weighted by Crippen LogP contribution is 2.39. The van der Waals surface area contributed by atoms with Gasteiger partial charge in [-0.3, -0.25) is 4.79 Å². The van der Waals surface area contributed by atoms with Gasteiger partial charge in [0.25, 0.3) is 0 Å². The minimum absolute atomic E-state index is 0.102. The van der Waals surface area contributed by atoms with Crippen molar-refractivity contribution in [3.05, 3.63) is 75.4 Å². The molecule has 0 saturated carbocycles. The molecule has 0 unspecified atom stereocenters. The van der Waals surface area contributed by atoms with Crippen LogP contribution in [-0.4, -0.2) is 34.4 Å². The summed E-state index contributed by atoms with van der Waals surface area (Å²) >= 11 is 0. The van der Waals surface area contributed by atoms with Crippen molar-refractivity contribution < 1.29 is 32.9 Å². The number of hydrogen-bond donors (Lipinski definition) is 0. The smallest absolute Gasteiger partial charge is 0.344 e. The van der Waals surface area contributed by atoms with Gasteiger partial charge in [0.1, 0.15) is 11.3 Å². The van der Waals surface area contributed by atoms with Gasteiger partial charge >= 0.3 is 5.97 Å². The summed E-state index contributed by atoms with van der Waals surface area (Å²) in [4.78, 5) is 26.9. The highest BCUT2D eigenvalue weighted by Gasteiger charge is 2.24. The number of benzene rings is 3. The molecule has 4 aromatic rings. The fourth-order valence-electron chi connectivity index (χ4n) is 4.05. The lowest BCUT2D eigenvalue weighted by molar-refractivity contribution is 0.0730. The highest BCUT2D eigenvalue weighted by atomic mass is 16.5. The molecule has 0 bridgehead atoms. The standard InChI is InChI=1S/C28H26O8/c1-15-11-16(2)23-20(12-15)35-25(17-7-9-19(31-3)10-8-17)27(24(23)29)36-28(30)18-13-21(32-4)26(34-6)22(14-18)33-5/h7-14H,1-6H3. The zero-order valence-corrected chi connectivity index (χ0v) is 20.9. The van der Waals surface area contributed by atoms with E-state index in [9.17, 15) is 9.59 Å². The van der Waals surface area contributed by atoms with Crippen molar-refractivity contribution in [2.75, 3.05) is 28.4 Å². The van der Waals surface area contributed by atoms with Gasteiger partial charge in [0.05, 0.1) is 39.4 Å². The fraction of sp³-hybridized carbons (Fsp3) is 0.214. The van der Waals surface area contributed by atoms with Crippen molar-refractivity contribution in [2.45, 2.75) is 13.8 Å². The molecular formula is C28H26O8. The van der Waals surface area contributed by atoms with Crippen LogP contribution in [0.5, 0.6) is 28.7 Å². The van der Waals surface area contributed by atoms with E-state index in [1.54, 1.807) is 37.4 Å². The summed E-state index contributed by atoms with van der Waals surface area (Å²) in [5.74, 6) is 0.614. The topological polar surface area (TPSA) is 93.4 Å². The number of esters is 1. The Labute approximate surface area is 207 Å². The average Bonchev–Trinajstić information content (AvgIpc) is 2.88. The summed E-state index contributed by atoms with van der Waals surface area (Å²) in [6.45, 7) is 3.72. The maximum absolute atomic E-state index is 13.7. The van der Waals surface area contributed by atoms with Gasteiger partial charge in [-0.15, -0.1) is 0 Å². The van der Waals surface area contributed by atoms with E-state index in [-0.39, 0.29) is 28.6 Å². The van der Waals surface area contributed by atoms with Gasteiger partial charge in [0.15, 0.2) is 17.3 Å². The first-order valence-corrected chi connectivity index (χ1v) is 11.1. The highest BCUT2D eigenvalue weighted by molar-refractivity contribution is 5.94. The van der Waals surface area contributed by atoms with Crippen LogP contribution in [0.1, 0.15) is 21.5 Å². The normalized spacial score (nSPS) is 10.7. The lowest BCUT2D eigenvalue weighted by Gasteiger charge is -2.15. The first-order chi connectivity index (χ1) is 17.3. The molecular weight excluding hydrogens is 464 g/mol. The summed E-state index contributed by atoms with van der Waals surface area (Å²) in [7, 11) is 5.90. The second-order valence-electron chi connectivity index (χ2n) is 8.08. The summed E-state index contributed by atoms with van der Waals surface area (Å²) < 4.78 is 33.1. The summed E-state index contributed by atoms with van der Waals surface area (Å²) in [6.07, 6.45) is 0. The van der Waals surface area contributed by atoms with Gasteiger partial charge in [-0.25, -0.2) is 4.79 Å². The quantitative estimate of drug-likeness (QED) is 0.321. The SMILES string of the molecule is COc1ccc(-c2oc3cc(C)cc(C)c3c(=O)c2OC(=O)c2cc(OC)c(OC)c(OC)c2)cc1. The number of aryl methyl sites for hydroxylation is 2. The summed E-state index contributed by atoms with van der Waals surface area (Å²) in [6, 6.07) is 13.5. The molecule has 0 radical (unpaired) electrons. The average molecular weight is 491 g/mol. The molecule has 4 rings (SSSR count). The van der Waals surface area contributed by atoms with E-state index in [4.69, 9.17) is 28.1 Å². The summed E-state index contributed by atoms with van der Waals surface area (Å²) in [5.41, 5.74) is 2.24. The molecule has 1 heterocycles. The minimum atomic E-state index is -0.791. The fourth-order valence-corrected chi connectivity index (χ4v) is 4.05. The van der Waals surface area contributed by atoms with Crippen LogP contribution in [0.3, 0.4) is 0 Å². The zero-order valence-electron chi connectivity index (χ0n) is 20.9. The maximum Gasteiger partial charge on any atom is 0.344 e. The van der Waals surface area contributed by atoms with Crippen molar-refractivity contribution in [3.8, 4) is 40.1 Å². The van der Waals surface area contributed by atoms with E-state index < -0.39 is 11.4 Å². The monoisotopic (exact) mass is 490 g/mol. The zero-order chi connectivity index (χ0) is 26.0. The molecule has 0 aliphatic rings. The van der Waals surface area contributed by atoms with Crippen LogP contribution in [0.25, 0.3) is 22.3 Å². The van der Waals surface area contributed by atoms with Crippen molar-refractivity contribution in [1.82, 2.24) is 0 Å². The number of ether oxygens (including phenoxy) is 5. The Balaban J connectivity index is 1.90. The molecule has 3 aromatic carbocycles. The predicted octanol–water partition coefficient (Wildman–Crippen LogP) is 5.33. The van der Waals surface area contributed by atoms with Gasteiger partial charge in [-0.1, -0.05) is 6.07 Å². The molecule has 0 spiro atoms. The second-order valence-corrected chi connectivity index (χ2v) is 8.08. The van der Waals surface area contributed by atoms with E-state index in [0.717, 1.165) is 5.56 Å². The molecule has 0 N–H and O–H groups in total. The molecule has 0 amide bonds. The molecule has 0 saturated heterocycles. The third-order valence-corrected chi connectivity index (χ3v) is 5.74. The second kappa shape index (κ2) is 10.0. The Morgan fingerprint density at radius 1 is 0.778 bits per heavy atom. The Morgan fingerprint density at radius 2 is 1.42 bits per heavy atom. The molecule has 186 valence electrons. The van der Waals surface area contributed by atoms with Gasteiger partial charge < -0.3 is 28.1 Å². The van der Waals surface area contributed by atoms with Crippen molar-refractivity contribution in [2.24, 2.45) is 0 Å². The van der Waals surface area contributed by atoms with Gasteiger partial charge in [0.2, 0.25) is 16.9 Å². The van der Waals surface area contributed by atoms with Crippen LogP contribution in [0, 0.1) is 13.8 Å². The number of carbonyl (C=O) groups excluding carboxylic acids is 1. The van der Waals surface area contributed by atoms with Gasteiger partial charge in [-0.05, 0) is 67.4 Å². The number of carbonyl (C=O) groups is 1. The molecule has 0 atom stereocenters. The third-order valence-electron chi connectivity index (χ3n) is 5.74. The Hall–Kier alpha value is -4.46. The molecule has 36 heavy (non-hydrogen) atoms. The maximum atomic E-state index is 13.7. The number of methoxy groups -OCH3 is 4. The van der Waals surface area contributed by atoms with E-state index in [1.165, 1.54) is 33.5 Å². The van der Waals surface area contributed by atoms with Crippen LogP contribution < -0.4 is 29.1 Å². The molecule has 1 aromatic heterocycles. The van der Waals surface area contributed by atoms with Crippen LogP contribution in [0.4, 0.5) is 0 Å². The molecule has 0 aliphatic carbocycles. The molecule has 0 fully saturated rings. The van der Waals surface area contributed by atoms with Crippen LogP contribution >= 0.6 is 0 Å². The van der Waals surface area contributed by atoms with Gasteiger partial charge in [-0.2, -0.15) is 0 Å². The minimum Gasteiger partial charge on any atom is -0.497 e. The van der Waals surface area contributed by atoms with Crippen LogP contribution in [0.2, 0.25) is 0 Å². The van der Waals surface area contributed by atoms with Crippen LogP contribution in [-0.2, 0) is 0 Å². The number of hydrogen-bond acceptors (Lipinski definition) is 8. The lowest BCUT2D eigenvalue weighted by Crippen LogP contribution is -2.17. The Bertz CT molecular complexity index is 1470. The Morgan fingerprint density at radius 3 is 1.97 bits per heavy atom. The van der Waals surface area contributed by atoms with Gasteiger partial charge in [0, 0.05) is 5.56 Å². The summed E-state index contributed by atoms with van der Waals surface area (Å²) in [5, 5.41) is 0.338. The first-order valence-electron chi connectivity index (χ1n) is 11.1. The number of rotatable bonds is 7. The Kier molecular flexibility index (Phi) is 6.87. The first kappa shape index (κ1) is 24.7. The van der Waals surface area contributed by atoms with E-state index in [2.05, 4.69) is 0 Å². The third kappa shape index (κ3) is 4.45.